The van der Waals surface area contributed by atoms with Gasteiger partial charge in [0.05, 0.1) is 6.10 Å². The number of rotatable bonds is 5. The van der Waals surface area contributed by atoms with Crippen LogP contribution in [0.3, 0.4) is 0 Å². The number of aliphatic hydroxyl groups is 1. The monoisotopic (exact) mass is 211 g/mol. The molecule has 84 valence electrons. The summed E-state index contributed by atoms with van der Waals surface area (Å²) in [4.78, 5) is 1.93. The first-order valence-corrected chi connectivity index (χ1v) is 5.28. The van der Waals surface area contributed by atoms with Crippen LogP contribution in [0.25, 0.3) is 0 Å². The predicted molar refractivity (Wildman–Crippen MR) is 60.6 cm³/mol. The molecule has 0 aliphatic carbocycles. The minimum Gasteiger partial charge on any atom is -0.391 e. The summed E-state index contributed by atoms with van der Waals surface area (Å²) < 4.78 is 12.7. The van der Waals surface area contributed by atoms with Gasteiger partial charge in [-0.05, 0) is 30.7 Å². The summed E-state index contributed by atoms with van der Waals surface area (Å²) >= 11 is 0. The molecule has 0 heterocycles. The molecule has 0 spiro atoms. The molecule has 2 nitrogen and oxygen atoms in total. The number of benzene rings is 1. The van der Waals surface area contributed by atoms with Crippen LogP contribution in [0.4, 0.5) is 10.1 Å². The number of aliphatic hydroxyl groups excluding tert-OH is 1. The van der Waals surface area contributed by atoms with Crippen molar-refractivity contribution in [1.29, 1.82) is 0 Å². The van der Waals surface area contributed by atoms with Gasteiger partial charge in [-0.2, -0.15) is 0 Å². The van der Waals surface area contributed by atoms with E-state index in [4.69, 9.17) is 0 Å². The SMILES string of the molecule is CCCC(O)CN(C)c1ccc(F)cc1. The number of halogens is 1. The Morgan fingerprint density at radius 1 is 1.33 bits per heavy atom. The second-order valence-electron chi connectivity index (χ2n) is 3.80. The molecule has 0 radical (unpaired) electrons. The third kappa shape index (κ3) is 3.88. The van der Waals surface area contributed by atoms with Crippen molar-refractivity contribution in [2.75, 3.05) is 18.5 Å². The Kier molecular flexibility index (Phi) is 4.56. The van der Waals surface area contributed by atoms with Gasteiger partial charge < -0.3 is 10.0 Å². The van der Waals surface area contributed by atoms with Gasteiger partial charge in [-0.25, -0.2) is 4.39 Å². The number of likely N-dealkylation sites (N-methyl/N-ethyl adjacent to an activating group) is 1. The highest BCUT2D eigenvalue weighted by Crippen LogP contribution is 2.13. The van der Waals surface area contributed by atoms with Crippen molar-refractivity contribution in [3.8, 4) is 0 Å². The summed E-state index contributed by atoms with van der Waals surface area (Å²) in [6.45, 7) is 2.63. The van der Waals surface area contributed by atoms with E-state index in [1.165, 1.54) is 12.1 Å². The standard InChI is InChI=1S/C12H18FNO/c1-3-4-12(15)9-14(2)11-7-5-10(13)6-8-11/h5-8,12,15H,3-4,9H2,1-2H3. The van der Waals surface area contributed by atoms with Gasteiger partial charge in [-0.15, -0.1) is 0 Å². The third-order valence-electron chi connectivity index (χ3n) is 2.37. The Morgan fingerprint density at radius 3 is 2.47 bits per heavy atom. The highest BCUT2D eigenvalue weighted by atomic mass is 19.1. The summed E-state index contributed by atoms with van der Waals surface area (Å²) in [6, 6.07) is 6.29. The summed E-state index contributed by atoms with van der Waals surface area (Å²) in [5.41, 5.74) is 0.923. The lowest BCUT2D eigenvalue weighted by molar-refractivity contribution is 0.170. The summed E-state index contributed by atoms with van der Waals surface area (Å²) in [7, 11) is 1.89. The summed E-state index contributed by atoms with van der Waals surface area (Å²) in [6.07, 6.45) is 1.45. The Balaban J connectivity index is 2.53. The summed E-state index contributed by atoms with van der Waals surface area (Å²) in [5.74, 6) is -0.235. The number of nitrogens with zero attached hydrogens (tertiary/aromatic N) is 1. The molecule has 1 N–H and O–H groups in total. The van der Waals surface area contributed by atoms with Crippen molar-refractivity contribution in [3.63, 3.8) is 0 Å². The van der Waals surface area contributed by atoms with Crippen LogP contribution in [0, 0.1) is 5.82 Å². The van der Waals surface area contributed by atoms with Crippen LogP contribution in [0.2, 0.25) is 0 Å². The second-order valence-corrected chi connectivity index (χ2v) is 3.80. The molecule has 1 aromatic carbocycles. The first kappa shape index (κ1) is 12.0. The molecule has 0 saturated heterocycles. The normalized spacial score (nSPS) is 12.5. The fourth-order valence-electron chi connectivity index (χ4n) is 1.54. The predicted octanol–water partition coefficient (Wildman–Crippen LogP) is 2.42. The van der Waals surface area contributed by atoms with E-state index in [-0.39, 0.29) is 11.9 Å². The van der Waals surface area contributed by atoms with Crippen LogP contribution in [-0.4, -0.2) is 24.8 Å². The van der Waals surface area contributed by atoms with Crippen LogP contribution in [0.5, 0.6) is 0 Å². The molecule has 15 heavy (non-hydrogen) atoms. The molecule has 0 aliphatic heterocycles. The van der Waals surface area contributed by atoms with Crippen LogP contribution < -0.4 is 4.90 Å². The van der Waals surface area contributed by atoms with Gasteiger partial charge >= 0.3 is 0 Å². The van der Waals surface area contributed by atoms with Gasteiger partial charge in [0.2, 0.25) is 0 Å². The number of anilines is 1. The van der Waals surface area contributed by atoms with Gasteiger partial charge in [0.25, 0.3) is 0 Å². The lowest BCUT2D eigenvalue weighted by Gasteiger charge is -2.22. The van der Waals surface area contributed by atoms with Crippen LogP contribution in [-0.2, 0) is 0 Å². The minimum atomic E-state index is -0.315. The lowest BCUT2D eigenvalue weighted by Crippen LogP contribution is -2.28. The van der Waals surface area contributed by atoms with Crippen molar-refractivity contribution in [2.45, 2.75) is 25.9 Å². The molecular weight excluding hydrogens is 193 g/mol. The van der Waals surface area contributed by atoms with Crippen LogP contribution in [0.1, 0.15) is 19.8 Å². The van der Waals surface area contributed by atoms with E-state index in [2.05, 4.69) is 0 Å². The van der Waals surface area contributed by atoms with Gasteiger partial charge in [-0.1, -0.05) is 13.3 Å². The molecule has 1 atom stereocenters. The molecule has 0 amide bonds. The second kappa shape index (κ2) is 5.71. The first-order valence-electron chi connectivity index (χ1n) is 5.28. The molecule has 1 aromatic rings. The zero-order valence-corrected chi connectivity index (χ0v) is 9.28. The fraction of sp³-hybridized carbons (Fsp3) is 0.500. The Bertz CT molecular complexity index is 286. The quantitative estimate of drug-likeness (QED) is 0.808. The van der Waals surface area contributed by atoms with Crippen molar-refractivity contribution < 1.29 is 9.50 Å². The van der Waals surface area contributed by atoms with E-state index in [0.717, 1.165) is 18.5 Å². The van der Waals surface area contributed by atoms with Crippen molar-refractivity contribution in [1.82, 2.24) is 0 Å². The minimum absolute atomic E-state index is 0.235. The maximum Gasteiger partial charge on any atom is 0.123 e. The van der Waals surface area contributed by atoms with E-state index in [1.807, 2.05) is 18.9 Å². The summed E-state index contributed by atoms with van der Waals surface area (Å²) in [5, 5.41) is 9.62. The lowest BCUT2D eigenvalue weighted by atomic mass is 10.2. The Morgan fingerprint density at radius 2 is 1.93 bits per heavy atom. The Hall–Kier alpha value is -1.09. The molecule has 0 bridgehead atoms. The zero-order valence-electron chi connectivity index (χ0n) is 9.28. The third-order valence-corrected chi connectivity index (χ3v) is 2.37. The van der Waals surface area contributed by atoms with Gasteiger partial charge in [0.1, 0.15) is 5.82 Å². The van der Waals surface area contributed by atoms with E-state index >= 15 is 0 Å². The number of hydrogen-bond acceptors (Lipinski definition) is 2. The van der Waals surface area contributed by atoms with Gasteiger partial charge in [-0.3, -0.25) is 0 Å². The molecule has 0 aromatic heterocycles. The largest absolute Gasteiger partial charge is 0.391 e. The molecule has 1 rings (SSSR count). The van der Waals surface area contributed by atoms with E-state index in [0.29, 0.717) is 6.54 Å². The highest BCUT2D eigenvalue weighted by molar-refractivity contribution is 5.45. The number of hydrogen-bond donors (Lipinski definition) is 1. The topological polar surface area (TPSA) is 23.5 Å². The first-order chi connectivity index (χ1) is 7.13. The maximum absolute atomic E-state index is 12.7. The van der Waals surface area contributed by atoms with Crippen molar-refractivity contribution in [2.24, 2.45) is 0 Å². The average molecular weight is 211 g/mol. The molecule has 0 aliphatic rings. The Labute approximate surface area is 90.3 Å². The average Bonchev–Trinajstić information content (AvgIpc) is 2.18. The maximum atomic E-state index is 12.7. The zero-order chi connectivity index (χ0) is 11.3. The van der Waals surface area contributed by atoms with Crippen molar-refractivity contribution >= 4 is 5.69 Å². The fourth-order valence-corrected chi connectivity index (χ4v) is 1.54. The van der Waals surface area contributed by atoms with E-state index < -0.39 is 0 Å². The van der Waals surface area contributed by atoms with Crippen molar-refractivity contribution in [3.05, 3.63) is 30.1 Å². The molecule has 0 saturated carbocycles. The van der Waals surface area contributed by atoms with E-state index in [1.54, 1.807) is 12.1 Å². The van der Waals surface area contributed by atoms with Crippen LogP contribution in [0.15, 0.2) is 24.3 Å². The molecule has 3 heteroatoms. The molecule has 0 fully saturated rings. The van der Waals surface area contributed by atoms with Crippen LogP contribution >= 0.6 is 0 Å². The smallest absolute Gasteiger partial charge is 0.123 e. The molecule has 1 unspecified atom stereocenters. The highest BCUT2D eigenvalue weighted by Gasteiger charge is 2.07. The molecular formula is C12H18FNO. The van der Waals surface area contributed by atoms with Gasteiger partial charge in [0, 0.05) is 19.3 Å². The van der Waals surface area contributed by atoms with Gasteiger partial charge in [0.15, 0.2) is 0 Å². The van der Waals surface area contributed by atoms with E-state index in [9.17, 15) is 9.50 Å².